The van der Waals surface area contributed by atoms with Crippen molar-refractivity contribution in [1.29, 1.82) is 5.41 Å². The maximum absolute atomic E-state index is 12.8. The average Bonchev–Trinajstić information content (AvgIpc) is 2.11. The minimum atomic E-state index is -0.729. The van der Waals surface area contributed by atoms with E-state index in [2.05, 4.69) is 25.6 Å². The predicted octanol–water partition coefficient (Wildman–Crippen LogP) is 2.93. The van der Waals surface area contributed by atoms with Crippen molar-refractivity contribution in [3.63, 3.8) is 0 Å². The van der Waals surface area contributed by atoms with E-state index in [1.165, 1.54) is 6.07 Å². The highest BCUT2D eigenvalue weighted by Gasteiger charge is 2.08. The molecule has 0 fully saturated rings. The van der Waals surface area contributed by atoms with E-state index >= 15 is 0 Å². The van der Waals surface area contributed by atoms with Gasteiger partial charge in [0.15, 0.2) is 12.3 Å². The van der Waals surface area contributed by atoms with Gasteiger partial charge in [0.2, 0.25) is 5.95 Å². The number of nitrogens with zero attached hydrogens (tertiary/aromatic N) is 1. The van der Waals surface area contributed by atoms with Gasteiger partial charge in [0.1, 0.15) is 5.69 Å². The molecule has 0 amide bonds. The molecule has 7 heteroatoms. The third kappa shape index (κ3) is 2.38. The molecule has 0 radical (unpaired) electrons. The highest BCUT2D eigenvalue weighted by molar-refractivity contribution is 9.10. The van der Waals surface area contributed by atoms with Gasteiger partial charge in [-0.2, -0.15) is 4.39 Å². The van der Waals surface area contributed by atoms with E-state index in [1.54, 1.807) is 0 Å². The van der Waals surface area contributed by atoms with Crippen molar-refractivity contribution in [2.24, 2.45) is 0 Å². The zero-order chi connectivity index (χ0) is 9.84. The summed E-state index contributed by atoms with van der Waals surface area (Å²) in [7, 11) is 0. The second-order valence-corrected chi connectivity index (χ2v) is 3.23. The molecular formula is C6H4BrF2N3S. The summed E-state index contributed by atoms with van der Waals surface area (Å²) >= 11 is 2.76. The van der Waals surface area contributed by atoms with E-state index < -0.39 is 5.95 Å². The Morgan fingerprint density at radius 1 is 1.69 bits per heavy atom. The van der Waals surface area contributed by atoms with Gasteiger partial charge < -0.3 is 10.1 Å². The van der Waals surface area contributed by atoms with Crippen LogP contribution in [-0.2, 0) is 0 Å². The Hall–Kier alpha value is -0.690. The van der Waals surface area contributed by atoms with Crippen LogP contribution < -0.4 is 4.72 Å². The molecule has 0 aliphatic rings. The topological polar surface area (TPSA) is 48.8 Å². The Balaban J connectivity index is 3.16. The molecule has 0 spiro atoms. The van der Waals surface area contributed by atoms with Crippen LogP contribution in [0.2, 0.25) is 0 Å². The third-order valence-corrected chi connectivity index (χ3v) is 2.10. The molecule has 0 atom stereocenters. The number of nitrogens with one attached hydrogen (secondary N) is 2. The monoisotopic (exact) mass is 267 g/mol. The Labute approximate surface area is 86.0 Å². The quantitative estimate of drug-likeness (QED) is 0.503. The van der Waals surface area contributed by atoms with E-state index in [0.29, 0.717) is 0 Å². The van der Waals surface area contributed by atoms with Crippen LogP contribution in [0, 0.1) is 11.4 Å². The van der Waals surface area contributed by atoms with Crippen molar-refractivity contribution in [3.05, 3.63) is 22.2 Å². The van der Waals surface area contributed by atoms with Crippen LogP contribution in [0.5, 0.6) is 0 Å². The van der Waals surface area contributed by atoms with Crippen molar-refractivity contribution in [1.82, 2.24) is 4.98 Å². The highest BCUT2D eigenvalue weighted by Crippen LogP contribution is 2.23. The first-order valence-electron chi connectivity index (χ1n) is 3.09. The van der Waals surface area contributed by atoms with Crippen LogP contribution in [0.25, 0.3) is 0 Å². The molecule has 0 bridgehead atoms. The molecule has 1 rings (SSSR count). The van der Waals surface area contributed by atoms with Crippen LogP contribution in [0.15, 0.2) is 10.5 Å². The molecule has 0 aromatic carbocycles. The van der Waals surface area contributed by atoms with Gasteiger partial charge in [0.05, 0.1) is 10.2 Å². The summed E-state index contributed by atoms with van der Waals surface area (Å²) in [5.41, 5.74) is 0.293. The summed E-state index contributed by atoms with van der Waals surface area (Å²) in [5, 5.41) is 6.89. The molecule has 1 aromatic heterocycles. The SMILES string of the molecule is N=Cc1nc(F)c(Br)cc1NSF. The summed E-state index contributed by atoms with van der Waals surface area (Å²) in [6.07, 6.45) is 0.841. The van der Waals surface area contributed by atoms with Gasteiger partial charge in [-0.25, -0.2) is 4.98 Å². The van der Waals surface area contributed by atoms with Crippen LogP contribution in [0.4, 0.5) is 14.0 Å². The van der Waals surface area contributed by atoms with Gasteiger partial charge in [-0.3, -0.25) is 0 Å². The zero-order valence-electron chi connectivity index (χ0n) is 6.14. The van der Waals surface area contributed by atoms with E-state index in [1.807, 2.05) is 0 Å². The van der Waals surface area contributed by atoms with Crippen LogP contribution >= 0.6 is 28.3 Å². The largest absolute Gasteiger partial charge is 0.306 e. The predicted molar refractivity (Wildman–Crippen MR) is 52.1 cm³/mol. The Bertz CT molecular complexity index is 334. The molecule has 0 aliphatic heterocycles. The first-order chi connectivity index (χ1) is 6.19. The fourth-order valence-corrected chi connectivity index (χ4v) is 1.28. The number of hydrogen-bond acceptors (Lipinski definition) is 4. The summed E-state index contributed by atoms with van der Waals surface area (Å²) in [4.78, 5) is 3.41. The second kappa shape index (κ2) is 4.52. The second-order valence-electron chi connectivity index (χ2n) is 2.02. The van der Waals surface area contributed by atoms with Gasteiger partial charge in [-0.15, -0.1) is 3.89 Å². The van der Waals surface area contributed by atoms with E-state index in [0.717, 1.165) is 6.21 Å². The van der Waals surface area contributed by atoms with Gasteiger partial charge in [-0.1, -0.05) is 0 Å². The molecule has 0 aliphatic carbocycles. The van der Waals surface area contributed by atoms with Crippen molar-refractivity contribution < 1.29 is 8.28 Å². The number of anilines is 1. The third-order valence-electron chi connectivity index (χ3n) is 1.25. The Kier molecular flexibility index (Phi) is 3.61. The molecule has 13 heavy (non-hydrogen) atoms. The van der Waals surface area contributed by atoms with Gasteiger partial charge in [-0.05, 0) is 22.0 Å². The minimum absolute atomic E-state index is 0.0471. The highest BCUT2D eigenvalue weighted by atomic mass is 79.9. The molecule has 70 valence electrons. The molecule has 1 aromatic rings. The van der Waals surface area contributed by atoms with Crippen LogP contribution in [0.3, 0.4) is 0 Å². The first-order valence-corrected chi connectivity index (χ1v) is 4.60. The summed E-state index contributed by atoms with van der Waals surface area (Å²) in [6.45, 7) is 0. The van der Waals surface area contributed by atoms with Crippen molar-refractivity contribution in [2.75, 3.05) is 4.72 Å². The molecule has 2 N–H and O–H groups in total. The number of aromatic nitrogens is 1. The Morgan fingerprint density at radius 3 is 2.92 bits per heavy atom. The lowest BCUT2D eigenvalue weighted by Gasteiger charge is -2.04. The zero-order valence-corrected chi connectivity index (χ0v) is 8.55. The fraction of sp³-hybridized carbons (Fsp3) is 0. The number of pyridine rings is 1. The molecule has 1 heterocycles. The maximum atomic E-state index is 12.8. The van der Waals surface area contributed by atoms with Crippen LogP contribution in [0.1, 0.15) is 5.69 Å². The van der Waals surface area contributed by atoms with Crippen molar-refractivity contribution >= 4 is 40.2 Å². The Morgan fingerprint density at radius 2 is 2.38 bits per heavy atom. The van der Waals surface area contributed by atoms with Crippen LogP contribution in [-0.4, -0.2) is 11.2 Å². The molecule has 3 nitrogen and oxygen atoms in total. The maximum Gasteiger partial charge on any atom is 0.227 e. The number of rotatable bonds is 3. The first kappa shape index (κ1) is 10.4. The number of halogens is 3. The lowest BCUT2D eigenvalue weighted by molar-refractivity contribution is 0.576. The lowest BCUT2D eigenvalue weighted by atomic mass is 10.3. The molecular weight excluding hydrogens is 264 g/mol. The van der Waals surface area contributed by atoms with Gasteiger partial charge >= 0.3 is 0 Å². The van der Waals surface area contributed by atoms with E-state index in [-0.39, 0.29) is 28.2 Å². The summed E-state index contributed by atoms with van der Waals surface area (Å²) in [6, 6.07) is 1.31. The van der Waals surface area contributed by atoms with Gasteiger partial charge in [0.25, 0.3) is 0 Å². The van der Waals surface area contributed by atoms with E-state index in [4.69, 9.17) is 5.41 Å². The van der Waals surface area contributed by atoms with Crippen molar-refractivity contribution in [3.8, 4) is 0 Å². The lowest BCUT2D eigenvalue weighted by Crippen LogP contribution is -1.98. The normalized spacial score (nSPS) is 9.77. The molecule has 0 saturated heterocycles. The van der Waals surface area contributed by atoms with Crippen molar-refractivity contribution in [2.45, 2.75) is 0 Å². The summed E-state index contributed by atoms with van der Waals surface area (Å²) < 4.78 is 27.0. The summed E-state index contributed by atoms with van der Waals surface area (Å²) in [5.74, 6) is -0.729. The average molecular weight is 268 g/mol. The molecule has 0 saturated carbocycles. The van der Waals surface area contributed by atoms with E-state index in [9.17, 15) is 8.28 Å². The minimum Gasteiger partial charge on any atom is -0.306 e. The number of hydrogen-bond donors (Lipinski definition) is 2. The smallest absolute Gasteiger partial charge is 0.227 e. The molecule has 0 unspecified atom stereocenters. The van der Waals surface area contributed by atoms with Gasteiger partial charge in [0, 0.05) is 6.21 Å². The fourth-order valence-electron chi connectivity index (χ4n) is 0.713. The standard InChI is InChI=1S/C6H4BrF2N3S/c7-3-1-4(12-13-9)5(2-10)11-6(3)8/h1-2,10,12H.